The van der Waals surface area contributed by atoms with Crippen LogP contribution in [0.1, 0.15) is 33.4 Å². The minimum absolute atomic E-state index is 0.309. The van der Waals surface area contributed by atoms with Crippen molar-refractivity contribution in [2.75, 3.05) is 0 Å². The van der Waals surface area contributed by atoms with Crippen LogP contribution in [0.3, 0.4) is 0 Å². The highest BCUT2D eigenvalue weighted by atomic mass is 16.7. The van der Waals surface area contributed by atoms with Crippen LogP contribution in [0.5, 0.6) is 0 Å². The minimum atomic E-state index is -0.316. The molecule has 1 aromatic heterocycles. The molecule has 1 fully saturated rings. The number of aromatic nitrogens is 1. The van der Waals surface area contributed by atoms with Gasteiger partial charge in [0.25, 0.3) is 0 Å². The fourth-order valence-corrected chi connectivity index (χ4v) is 2.80. The van der Waals surface area contributed by atoms with Gasteiger partial charge >= 0.3 is 7.12 Å². The third kappa shape index (κ3) is 1.75. The second-order valence-corrected chi connectivity index (χ2v) is 6.66. The van der Waals surface area contributed by atoms with E-state index in [9.17, 15) is 0 Å². The maximum absolute atomic E-state index is 6.21. The topological polar surface area (TPSA) is 23.4 Å². The Balaban J connectivity index is 2.15. The zero-order chi connectivity index (χ0) is 14.7. The summed E-state index contributed by atoms with van der Waals surface area (Å²) in [4.78, 5) is 0. The van der Waals surface area contributed by atoms with Crippen molar-refractivity contribution in [1.82, 2.24) is 4.57 Å². The first-order valence-electron chi connectivity index (χ1n) is 7.14. The Kier molecular flexibility index (Phi) is 2.83. The van der Waals surface area contributed by atoms with Crippen molar-refractivity contribution in [2.45, 2.75) is 45.8 Å². The van der Waals surface area contributed by atoms with Crippen LogP contribution in [0, 0.1) is 6.92 Å². The highest BCUT2D eigenvalue weighted by Gasteiger charge is 2.53. The second-order valence-electron chi connectivity index (χ2n) is 6.66. The summed E-state index contributed by atoms with van der Waals surface area (Å²) in [6.45, 7) is 10.5. The lowest BCUT2D eigenvalue weighted by Gasteiger charge is -2.32. The molecule has 0 spiro atoms. The molecule has 0 unspecified atom stereocenters. The lowest BCUT2D eigenvalue weighted by Crippen LogP contribution is -2.41. The van der Waals surface area contributed by atoms with E-state index in [4.69, 9.17) is 9.31 Å². The molecular weight excluding hydrogens is 249 g/mol. The molecule has 0 radical (unpaired) electrons. The summed E-state index contributed by atoms with van der Waals surface area (Å²) >= 11 is 0. The summed E-state index contributed by atoms with van der Waals surface area (Å²) in [5.74, 6) is 0. The Morgan fingerprint density at radius 1 is 0.950 bits per heavy atom. The molecule has 0 N–H and O–H groups in total. The maximum atomic E-state index is 6.21. The first-order chi connectivity index (χ1) is 9.24. The van der Waals surface area contributed by atoms with Gasteiger partial charge in [-0.15, -0.1) is 0 Å². The molecule has 0 aliphatic carbocycles. The highest BCUT2D eigenvalue weighted by Crippen LogP contribution is 2.37. The first-order valence-corrected chi connectivity index (χ1v) is 7.14. The first kappa shape index (κ1) is 13.7. The number of nitrogens with zero attached hydrogens (tertiary/aromatic N) is 1. The third-order valence-electron chi connectivity index (χ3n) is 4.93. The average molecular weight is 271 g/mol. The summed E-state index contributed by atoms with van der Waals surface area (Å²) < 4.78 is 14.6. The molecular formula is C16H22BNO2. The molecule has 4 heteroatoms. The van der Waals surface area contributed by atoms with Gasteiger partial charge in [0.05, 0.1) is 16.8 Å². The molecule has 20 heavy (non-hydrogen) atoms. The van der Waals surface area contributed by atoms with E-state index in [0.29, 0.717) is 0 Å². The summed E-state index contributed by atoms with van der Waals surface area (Å²) in [5.41, 5.74) is 1.73. The van der Waals surface area contributed by atoms with Crippen LogP contribution in [0.25, 0.3) is 10.8 Å². The van der Waals surface area contributed by atoms with Crippen molar-refractivity contribution in [1.29, 1.82) is 0 Å². The number of aryl methyl sites for hydroxylation is 1. The Morgan fingerprint density at radius 3 is 2.00 bits per heavy atom. The largest absolute Gasteiger partial charge is 0.512 e. The van der Waals surface area contributed by atoms with Gasteiger partial charge < -0.3 is 13.9 Å². The minimum Gasteiger partial charge on any atom is -0.398 e. The van der Waals surface area contributed by atoms with E-state index >= 15 is 0 Å². The Hall–Kier alpha value is -1.26. The van der Waals surface area contributed by atoms with Crippen molar-refractivity contribution in [3.05, 3.63) is 30.0 Å². The van der Waals surface area contributed by atoms with Gasteiger partial charge in [0.1, 0.15) is 0 Å². The van der Waals surface area contributed by atoms with E-state index < -0.39 is 0 Å². The molecule has 3 nitrogen and oxygen atoms in total. The monoisotopic (exact) mass is 271 g/mol. The van der Waals surface area contributed by atoms with Crippen LogP contribution in [-0.4, -0.2) is 22.9 Å². The zero-order valence-corrected chi connectivity index (χ0v) is 13.2. The maximum Gasteiger partial charge on any atom is 0.512 e. The summed E-state index contributed by atoms with van der Waals surface area (Å²) in [7, 11) is 1.76. The summed E-state index contributed by atoms with van der Waals surface area (Å²) in [6.07, 6.45) is 0. The van der Waals surface area contributed by atoms with E-state index in [0.717, 1.165) is 5.59 Å². The van der Waals surface area contributed by atoms with Gasteiger partial charge in [-0.3, -0.25) is 0 Å². The van der Waals surface area contributed by atoms with Crippen LogP contribution in [-0.2, 0) is 16.4 Å². The molecule has 1 aromatic carbocycles. The smallest absolute Gasteiger partial charge is 0.398 e. The Morgan fingerprint density at radius 2 is 1.45 bits per heavy atom. The molecule has 2 heterocycles. The molecule has 3 rings (SSSR count). The number of benzene rings is 1. The fourth-order valence-electron chi connectivity index (χ4n) is 2.80. The SMILES string of the molecule is Cc1c2ccccc2c(B2OC(C)(C)C(C)(C)O2)n1C. The molecule has 0 bridgehead atoms. The van der Waals surface area contributed by atoms with Gasteiger partial charge in [-0.25, -0.2) is 0 Å². The molecule has 1 saturated heterocycles. The van der Waals surface area contributed by atoms with Gasteiger partial charge in [0, 0.05) is 18.1 Å². The van der Waals surface area contributed by atoms with Crippen molar-refractivity contribution in [3.8, 4) is 0 Å². The van der Waals surface area contributed by atoms with E-state index in [2.05, 4.69) is 70.5 Å². The molecule has 0 atom stereocenters. The van der Waals surface area contributed by atoms with E-state index in [1.165, 1.54) is 16.5 Å². The summed E-state index contributed by atoms with van der Waals surface area (Å²) in [5, 5.41) is 2.48. The van der Waals surface area contributed by atoms with Crippen molar-refractivity contribution in [2.24, 2.45) is 7.05 Å². The predicted octanol–water partition coefficient (Wildman–Crippen LogP) is 2.79. The number of fused-ring (bicyclic) bond motifs is 1. The van der Waals surface area contributed by atoms with Crippen LogP contribution in [0.4, 0.5) is 0 Å². The van der Waals surface area contributed by atoms with E-state index in [-0.39, 0.29) is 18.3 Å². The van der Waals surface area contributed by atoms with E-state index in [1.807, 2.05) is 0 Å². The van der Waals surface area contributed by atoms with Crippen LogP contribution in [0.2, 0.25) is 0 Å². The third-order valence-corrected chi connectivity index (χ3v) is 4.93. The van der Waals surface area contributed by atoms with Gasteiger partial charge in [0.2, 0.25) is 0 Å². The van der Waals surface area contributed by atoms with Crippen molar-refractivity contribution >= 4 is 23.5 Å². The van der Waals surface area contributed by atoms with Crippen LogP contribution < -0.4 is 5.59 Å². The Labute approximate surface area is 121 Å². The molecule has 0 saturated carbocycles. The lowest BCUT2D eigenvalue weighted by molar-refractivity contribution is 0.00578. The number of hydrogen-bond acceptors (Lipinski definition) is 2. The molecule has 1 aliphatic heterocycles. The van der Waals surface area contributed by atoms with Crippen LogP contribution >= 0.6 is 0 Å². The van der Waals surface area contributed by atoms with E-state index in [1.54, 1.807) is 0 Å². The highest BCUT2D eigenvalue weighted by molar-refractivity contribution is 6.64. The number of hydrogen-bond donors (Lipinski definition) is 0. The van der Waals surface area contributed by atoms with Gasteiger partial charge in [0.15, 0.2) is 0 Å². The second kappa shape index (κ2) is 4.12. The van der Waals surface area contributed by atoms with Gasteiger partial charge in [-0.1, -0.05) is 24.3 Å². The molecule has 106 valence electrons. The lowest BCUT2D eigenvalue weighted by atomic mass is 9.82. The summed E-state index contributed by atoms with van der Waals surface area (Å²) in [6, 6.07) is 8.43. The quantitative estimate of drug-likeness (QED) is 0.744. The van der Waals surface area contributed by atoms with Crippen molar-refractivity contribution < 1.29 is 9.31 Å². The van der Waals surface area contributed by atoms with Crippen LogP contribution in [0.15, 0.2) is 24.3 Å². The van der Waals surface area contributed by atoms with Gasteiger partial charge in [-0.05, 0) is 40.0 Å². The molecule has 2 aromatic rings. The Bertz CT molecular complexity index is 656. The number of rotatable bonds is 1. The normalized spacial score (nSPS) is 20.8. The molecule has 1 aliphatic rings. The van der Waals surface area contributed by atoms with Gasteiger partial charge in [-0.2, -0.15) is 0 Å². The zero-order valence-electron chi connectivity index (χ0n) is 13.2. The predicted molar refractivity (Wildman–Crippen MR) is 83.4 cm³/mol. The van der Waals surface area contributed by atoms with Crippen molar-refractivity contribution in [3.63, 3.8) is 0 Å². The molecule has 0 amide bonds. The fraction of sp³-hybridized carbons (Fsp3) is 0.500. The average Bonchev–Trinajstić information content (AvgIpc) is 2.72. The standard InChI is InChI=1S/C16H22BNO2/c1-11-12-9-7-8-10-13(12)14(18(11)6)17-19-15(2,3)16(4,5)20-17/h7-10H,1-6H3.